The second kappa shape index (κ2) is 4.99. The van der Waals surface area contributed by atoms with Crippen molar-refractivity contribution >= 4 is 17.1 Å². The number of fused-ring (bicyclic) bond motifs is 1. The van der Waals surface area contributed by atoms with Crippen LogP contribution in [0.3, 0.4) is 0 Å². The Bertz CT molecular complexity index is 485. The van der Waals surface area contributed by atoms with Gasteiger partial charge in [0.05, 0.1) is 5.92 Å². The molecular weight excluding hydrogens is 218 g/mol. The van der Waals surface area contributed by atoms with Gasteiger partial charge in [-0.2, -0.15) is 0 Å². The third-order valence-corrected chi connectivity index (χ3v) is 2.69. The van der Waals surface area contributed by atoms with Crippen LogP contribution in [0.15, 0.2) is 28.7 Å². The molecule has 2 aromatic rings. The van der Waals surface area contributed by atoms with Crippen molar-refractivity contribution in [2.75, 3.05) is 0 Å². The summed E-state index contributed by atoms with van der Waals surface area (Å²) in [5.74, 6) is 0.136. The Morgan fingerprint density at radius 3 is 2.94 bits per heavy atom. The lowest BCUT2D eigenvalue weighted by molar-refractivity contribution is -0.150. The lowest BCUT2D eigenvalue weighted by Gasteiger charge is -2.06. The van der Waals surface area contributed by atoms with Gasteiger partial charge in [0, 0.05) is 0 Å². The number of hydrogen-bond donors (Lipinski definition) is 0. The fraction of sp³-hybridized carbons (Fsp3) is 0.385. The van der Waals surface area contributed by atoms with Gasteiger partial charge in [0.1, 0.15) is 5.52 Å². The molecule has 0 bridgehead atoms. The molecule has 1 heterocycles. The average molecular weight is 233 g/mol. The van der Waals surface area contributed by atoms with E-state index in [1.165, 1.54) is 0 Å². The number of ether oxygens (including phenoxy) is 1. The van der Waals surface area contributed by atoms with Gasteiger partial charge in [-0.1, -0.05) is 26.0 Å². The van der Waals surface area contributed by atoms with Gasteiger partial charge >= 0.3 is 5.97 Å². The number of hydrogen-bond acceptors (Lipinski definition) is 4. The highest BCUT2D eigenvalue weighted by atomic mass is 16.5. The molecule has 2 rings (SSSR count). The predicted octanol–water partition coefficient (Wildman–Crippen LogP) is 2.92. The number of oxazole rings is 1. The van der Waals surface area contributed by atoms with E-state index in [0.29, 0.717) is 11.5 Å². The lowest BCUT2D eigenvalue weighted by Crippen LogP contribution is -2.13. The molecule has 0 N–H and O–H groups in total. The van der Waals surface area contributed by atoms with Crippen molar-refractivity contribution in [1.29, 1.82) is 0 Å². The van der Waals surface area contributed by atoms with Crippen LogP contribution in [-0.4, -0.2) is 11.0 Å². The zero-order chi connectivity index (χ0) is 12.3. The smallest absolute Gasteiger partial charge is 0.309 e. The predicted molar refractivity (Wildman–Crippen MR) is 63.3 cm³/mol. The zero-order valence-electron chi connectivity index (χ0n) is 9.97. The molecule has 90 valence electrons. The molecule has 0 aliphatic carbocycles. The summed E-state index contributed by atoms with van der Waals surface area (Å²) in [7, 11) is 0. The fourth-order valence-electron chi connectivity index (χ4n) is 1.42. The van der Waals surface area contributed by atoms with E-state index in [-0.39, 0.29) is 18.5 Å². The van der Waals surface area contributed by atoms with Crippen molar-refractivity contribution in [3.05, 3.63) is 30.2 Å². The van der Waals surface area contributed by atoms with E-state index in [4.69, 9.17) is 9.15 Å². The second-order valence-electron chi connectivity index (χ2n) is 3.99. The monoisotopic (exact) mass is 233 g/mol. The van der Waals surface area contributed by atoms with Gasteiger partial charge in [-0.05, 0) is 18.6 Å². The number of carbonyl (C=O) groups is 1. The normalized spacial score (nSPS) is 12.6. The molecule has 0 aliphatic rings. The minimum atomic E-state index is -0.213. The Hall–Kier alpha value is -1.84. The first-order valence-electron chi connectivity index (χ1n) is 5.71. The number of aromatic nitrogens is 1. The van der Waals surface area contributed by atoms with Crippen LogP contribution < -0.4 is 0 Å². The number of benzene rings is 1. The third kappa shape index (κ3) is 2.64. The number of esters is 1. The number of rotatable bonds is 4. The molecule has 0 amide bonds. The van der Waals surface area contributed by atoms with E-state index < -0.39 is 0 Å². The Balaban J connectivity index is 2.02. The molecule has 0 radical (unpaired) electrons. The first-order chi connectivity index (χ1) is 8.20. The summed E-state index contributed by atoms with van der Waals surface area (Å²) >= 11 is 0. The Labute approximate surface area is 99.6 Å². The van der Waals surface area contributed by atoms with Gasteiger partial charge in [0.15, 0.2) is 12.2 Å². The SMILES string of the molecule is CCC(C)C(=O)OCc1nc2ccccc2o1. The minimum Gasteiger partial charge on any atom is -0.455 e. The van der Waals surface area contributed by atoms with E-state index >= 15 is 0 Å². The maximum atomic E-state index is 11.5. The maximum Gasteiger partial charge on any atom is 0.309 e. The summed E-state index contributed by atoms with van der Waals surface area (Å²) in [5.41, 5.74) is 1.49. The van der Waals surface area contributed by atoms with Gasteiger partial charge in [-0.3, -0.25) is 4.79 Å². The van der Waals surface area contributed by atoms with Crippen molar-refractivity contribution in [3.8, 4) is 0 Å². The molecule has 4 nitrogen and oxygen atoms in total. The second-order valence-corrected chi connectivity index (χ2v) is 3.99. The van der Waals surface area contributed by atoms with E-state index in [0.717, 1.165) is 11.9 Å². The van der Waals surface area contributed by atoms with Crippen LogP contribution in [0.4, 0.5) is 0 Å². The molecule has 0 saturated heterocycles. The standard InChI is InChI=1S/C13H15NO3/c1-3-9(2)13(15)16-8-12-14-10-6-4-5-7-11(10)17-12/h4-7,9H,3,8H2,1-2H3. The van der Waals surface area contributed by atoms with Crippen LogP contribution in [0.2, 0.25) is 0 Å². The van der Waals surface area contributed by atoms with Crippen LogP contribution in [0.25, 0.3) is 11.1 Å². The summed E-state index contributed by atoms with van der Waals surface area (Å²) < 4.78 is 10.6. The topological polar surface area (TPSA) is 52.3 Å². The molecule has 1 unspecified atom stereocenters. The molecule has 17 heavy (non-hydrogen) atoms. The summed E-state index contributed by atoms with van der Waals surface area (Å²) in [6, 6.07) is 7.46. The number of para-hydroxylation sites is 2. The molecule has 0 spiro atoms. The largest absolute Gasteiger partial charge is 0.455 e. The quantitative estimate of drug-likeness (QED) is 0.762. The van der Waals surface area contributed by atoms with Gasteiger partial charge < -0.3 is 9.15 Å². The summed E-state index contributed by atoms with van der Waals surface area (Å²) in [4.78, 5) is 15.7. The summed E-state index contributed by atoms with van der Waals surface area (Å²) in [5, 5.41) is 0. The molecule has 0 fully saturated rings. The third-order valence-electron chi connectivity index (χ3n) is 2.69. The van der Waals surface area contributed by atoms with E-state index in [1.807, 2.05) is 38.1 Å². The highest BCUT2D eigenvalue weighted by Gasteiger charge is 2.13. The van der Waals surface area contributed by atoms with Gasteiger partial charge in [0.2, 0.25) is 5.89 Å². The van der Waals surface area contributed by atoms with Crippen molar-refractivity contribution in [1.82, 2.24) is 4.98 Å². The molecule has 1 atom stereocenters. The van der Waals surface area contributed by atoms with Crippen molar-refractivity contribution in [3.63, 3.8) is 0 Å². The molecule has 1 aromatic heterocycles. The molecule has 0 saturated carbocycles. The van der Waals surface area contributed by atoms with E-state index in [1.54, 1.807) is 0 Å². The van der Waals surface area contributed by atoms with E-state index in [9.17, 15) is 4.79 Å². The van der Waals surface area contributed by atoms with Crippen LogP contribution >= 0.6 is 0 Å². The van der Waals surface area contributed by atoms with Gasteiger partial charge in [-0.15, -0.1) is 0 Å². The Morgan fingerprint density at radius 1 is 1.47 bits per heavy atom. The summed E-state index contributed by atoms with van der Waals surface area (Å²) in [6.45, 7) is 3.89. The lowest BCUT2D eigenvalue weighted by atomic mass is 10.1. The average Bonchev–Trinajstić information content (AvgIpc) is 2.77. The van der Waals surface area contributed by atoms with E-state index in [2.05, 4.69) is 4.98 Å². The Morgan fingerprint density at radius 2 is 2.24 bits per heavy atom. The highest BCUT2D eigenvalue weighted by Crippen LogP contribution is 2.15. The number of nitrogens with zero attached hydrogens (tertiary/aromatic N) is 1. The maximum absolute atomic E-state index is 11.5. The Kier molecular flexibility index (Phi) is 3.42. The first kappa shape index (κ1) is 11.6. The van der Waals surface area contributed by atoms with Crippen LogP contribution in [-0.2, 0) is 16.1 Å². The zero-order valence-corrected chi connectivity index (χ0v) is 9.97. The molecule has 4 heteroatoms. The molecule has 0 aliphatic heterocycles. The van der Waals surface area contributed by atoms with Crippen LogP contribution in [0.5, 0.6) is 0 Å². The minimum absolute atomic E-state index is 0.0839. The van der Waals surface area contributed by atoms with Gasteiger partial charge in [0.25, 0.3) is 0 Å². The van der Waals surface area contributed by atoms with Gasteiger partial charge in [-0.25, -0.2) is 4.98 Å². The highest BCUT2D eigenvalue weighted by molar-refractivity contribution is 5.73. The van der Waals surface area contributed by atoms with Crippen molar-refractivity contribution in [2.24, 2.45) is 5.92 Å². The molecule has 1 aromatic carbocycles. The van der Waals surface area contributed by atoms with Crippen LogP contribution in [0.1, 0.15) is 26.2 Å². The summed E-state index contributed by atoms with van der Waals surface area (Å²) in [6.07, 6.45) is 0.770. The molecular formula is C13H15NO3. The van der Waals surface area contributed by atoms with Crippen LogP contribution in [0, 0.1) is 5.92 Å². The first-order valence-corrected chi connectivity index (χ1v) is 5.71. The van der Waals surface area contributed by atoms with Crippen molar-refractivity contribution < 1.29 is 13.9 Å². The fourth-order valence-corrected chi connectivity index (χ4v) is 1.42. The van der Waals surface area contributed by atoms with Crippen molar-refractivity contribution in [2.45, 2.75) is 26.9 Å². The number of carbonyl (C=O) groups excluding carboxylic acids is 1.